The topological polar surface area (TPSA) is 42.9 Å². The first-order chi connectivity index (χ1) is 9.06. The lowest BCUT2D eigenvalue weighted by Crippen LogP contribution is -2.04. The molecule has 0 aliphatic carbocycles. The predicted octanol–water partition coefficient (Wildman–Crippen LogP) is 4.07. The van der Waals surface area contributed by atoms with E-state index in [9.17, 15) is 4.79 Å². The van der Waals surface area contributed by atoms with Gasteiger partial charge in [0.05, 0.1) is 10.8 Å². The number of aryl methyl sites for hydroxylation is 1. The number of aromatic nitrogens is 2. The zero-order chi connectivity index (χ0) is 13.8. The van der Waals surface area contributed by atoms with Gasteiger partial charge in [-0.2, -0.15) is 0 Å². The maximum atomic E-state index is 12.1. The van der Waals surface area contributed by atoms with Crippen LogP contribution < -0.4 is 0 Å². The van der Waals surface area contributed by atoms with Crippen molar-refractivity contribution in [3.63, 3.8) is 0 Å². The molecule has 19 heavy (non-hydrogen) atoms. The van der Waals surface area contributed by atoms with E-state index in [1.165, 1.54) is 11.8 Å². The van der Waals surface area contributed by atoms with Crippen molar-refractivity contribution in [3.8, 4) is 0 Å². The SMILES string of the molecule is Cc1ccnc(SCC(=O)c2cc(Cl)ccc2Cl)n1. The van der Waals surface area contributed by atoms with E-state index >= 15 is 0 Å². The molecule has 1 aromatic heterocycles. The van der Waals surface area contributed by atoms with Crippen LogP contribution in [0.2, 0.25) is 10.0 Å². The van der Waals surface area contributed by atoms with Gasteiger partial charge in [0.15, 0.2) is 10.9 Å². The van der Waals surface area contributed by atoms with Gasteiger partial charge < -0.3 is 0 Å². The lowest BCUT2D eigenvalue weighted by atomic mass is 10.1. The molecule has 0 saturated heterocycles. The quantitative estimate of drug-likeness (QED) is 0.485. The van der Waals surface area contributed by atoms with E-state index in [1.807, 2.05) is 6.92 Å². The van der Waals surface area contributed by atoms with E-state index in [0.29, 0.717) is 20.8 Å². The summed E-state index contributed by atoms with van der Waals surface area (Å²) in [6.45, 7) is 1.88. The van der Waals surface area contributed by atoms with Crippen LogP contribution in [-0.4, -0.2) is 21.5 Å². The van der Waals surface area contributed by atoms with E-state index < -0.39 is 0 Å². The molecule has 0 fully saturated rings. The van der Waals surface area contributed by atoms with Gasteiger partial charge in [-0.15, -0.1) is 0 Å². The third kappa shape index (κ3) is 3.93. The van der Waals surface area contributed by atoms with Crippen molar-refractivity contribution in [1.82, 2.24) is 9.97 Å². The number of nitrogens with zero attached hydrogens (tertiary/aromatic N) is 2. The molecule has 2 aromatic rings. The number of hydrogen-bond acceptors (Lipinski definition) is 4. The van der Waals surface area contributed by atoms with Crippen LogP contribution in [0.3, 0.4) is 0 Å². The highest BCUT2D eigenvalue weighted by atomic mass is 35.5. The van der Waals surface area contributed by atoms with E-state index in [2.05, 4.69) is 9.97 Å². The summed E-state index contributed by atoms with van der Waals surface area (Å²) in [5, 5.41) is 1.47. The molecule has 2 rings (SSSR count). The van der Waals surface area contributed by atoms with Crippen molar-refractivity contribution in [2.45, 2.75) is 12.1 Å². The number of hydrogen-bond donors (Lipinski definition) is 0. The highest BCUT2D eigenvalue weighted by Crippen LogP contribution is 2.23. The van der Waals surface area contributed by atoms with E-state index in [1.54, 1.807) is 30.5 Å². The second-order valence-electron chi connectivity index (χ2n) is 3.82. The summed E-state index contributed by atoms with van der Waals surface area (Å²) < 4.78 is 0. The van der Waals surface area contributed by atoms with Crippen LogP contribution in [-0.2, 0) is 0 Å². The number of rotatable bonds is 4. The number of benzene rings is 1. The molecule has 1 heterocycles. The third-order valence-corrected chi connectivity index (χ3v) is 3.76. The molecule has 1 aromatic carbocycles. The molecular formula is C13H10Cl2N2OS. The fourth-order valence-corrected chi connectivity index (χ4v) is 2.57. The van der Waals surface area contributed by atoms with E-state index in [4.69, 9.17) is 23.2 Å². The zero-order valence-corrected chi connectivity index (χ0v) is 12.4. The molecule has 0 aliphatic rings. The molecule has 0 aliphatic heterocycles. The summed E-state index contributed by atoms with van der Waals surface area (Å²) in [7, 11) is 0. The van der Waals surface area contributed by atoms with E-state index in [-0.39, 0.29) is 11.5 Å². The van der Waals surface area contributed by atoms with Crippen molar-refractivity contribution in [3.05, 3.63) is 51.8 Å². The van der Waals surface area contributed by atoms with Crippen molar-refractivity contribution in [2.75, 3.05) is 5.75 Å². The lowest BCUT2D eigenvalue weighted by Gasteiger charge is -2.04. The lowest BCUT2D eigenvalue weighted by molar-refractivity contribution is 0.102. The van der Waals surface area contributed by atoms with Crippen LogP contribution >= 0.6 is 35.0 Å². The summed E-state index contributed by atoms with van der Waals surface area (Å²) in [6, 6.07) is 6.64. The molecular weight excluding hydrogens is 303 g/mol. The Morgan fingerprint density at radius 1 is 1.32 bits per heavy atom. The number of thioether (sulfide) groups is 1. The average Bonchev–Trinajstić information content (AvgIpc) is 2.39. The van der Waals surface area contributed by atoms with E-state index in [0.717, 1.165) is 5.69 Å². The van der Waals surface area contributed by atoms with Crippen molar-refractivity contribution in [1.29, 1.82) is 0 Å². The largest absolute Gasteiger partial charge is 0.293 e. The highest BCUT2D eigenvalue weighted by molar-refractivity contribution is 7.99. The molecule has 6 heteroatoms. The highest BCUT2D eigenvalue weighted by Gasteiger charge is 2.12. The van der Waals surface area contributed by atoms with Crippen LogP contribution in [0.15, 0.2) is 35.6 Å². The summed E-state index contributed by atoms with van der Waals surface area (Å²) in [6.07, 6.45) is 1.67. The number of carbonyl (C=O) groups is 1. The standard InChI is InChI=1S/C13H10Cl2N2OS/c1-8-4-5-16-13(17-8)19-7-12(18)10-6-9(14)2-3-11(10)15/h2-6H,7H2,1H3. The van der Waals surface area contributed by atoms with Gasteiger partial charge >= 0.3 is 0 Å². The van der Waals surface area contributed by atoms with Crippen LogP contribution in [0.5, 0.6) is 0 Å². The Bertz CT molecular complexity index is 619. The zero-order valence-electron chi connectivity index (χ0n) is 10.1. The number of carbonyl (C=O) groups excluding carboxylic acids is 1. The number of ketones is 1. The Balaban J connectivity index is 2.07. The van der Waals surface area contributed by atoms with Gasteiger partial charge in [-0.1, -0.05) is 35.0 Å². The number of halogens is 2. The predicted molar refractivity (Wildman–Crippen MR) is 78.3 cm³/mol. The first-order valence-corrected chi connectivity index (χ1v) is 7.21. The molecule has 0 N–H and O–H groups in total. The Labute approximate surface area is 125 Å². The summed E-state index contributed by atoms with van der Waals surface area (Å²) in [5.41, 5.74) is 1.29. The Kier molecular flexibility index (Phi) is 4.80. The molecule has 98 valence electrons. The Hall–Kier alpha value is -1.10. The summed E-state index contributed by atoms with van der Waals surface area (Å²) >= 11 is 13.1. The molecule has 0 amide bonds. The van der Waals surface area contributed by atoms with Gasteiger partial charge in [0.1, 0.15) is 0 Å². The molecule has 0 unspecified atom stereocenters. The van der Waals surface area contributed by atoms with Crippen LogP contribution in [0, 0.1) is 6.92 Å². The second kappa shape index (κ2) is 6.37. The van der Waals surface area contributed by atoms with Gasteiger partial charge in [-0.05, 0) is 31.2 Å². The normalized spacial score (nSPS) is 10.5. The molecule has 0 spiro atoms. The summed E-state index contributed by atoms with van der Waals surface area (Å²) in [5.74, 6) is 0.131. The number of Topliss-reactive ketones (excluding diaryl/α,β-unsaturated/α-hetero) is 1. The van der Waals surface area contributed by atoms with Gasteiger partial charge in [0.2, 0.25) is 0 Å². The molecule has 3 nitrogen and oxygen atoms in total. The molecule has 0 radical (unpaired) electrons. The molecule has 0 saturated carbocycles. The van der Waals surface area contributed by atoms with Crippen molar-refractivity contribution < 1.29 is 4.79 Å². The Morgan fingerprint density at radius 2 is 2.11 bits per heavy atom. The van der Waals surface area contributed by atoms with Crippen molar-refractivity contribution >= 4 is 40.7 Å². The maximum absolute atomic E-state index is 12.1. The van der Waals surface area contributed by atoms with Gasteiger partial charge in [-0.3, -0.25) is 4.79 Å². The fraction of sp³-hybridized carbons (Fsp3) is 0.154. The smallest absolute Gasteiger partial charge is 0.188 e. The van der Waals surface area contributed by atoms with Crippen LogP contribution in [0.25, 0.3) is 0 Å². The molecule has 0 bridgehead atoms. The first-order valence-electron chi connectivity index (χ1n) is 5.47. The molecule has 0 atom stereocenters. The van der Waals surface area contributed by atoms with Crippen LogP contribution in [0.4, 0.5) is 0 Å². The van der Waals surface area contributed by atoms with Gasteiger partial charge in [-0.25, -0.2) is 9.97 Å². The minimum Gasteiger partial charge on any atom is -0.293 e. The summed E-state index contributed by atoms with van der Waals surface area (Å²) in [4.78, 5) is 20.4. The monoisotopic (exact) mass is 312 g/mol. The van der Waals surface area contributed by atoms with Gasteiger partial charge in [0.25, 0.3) is 0 Å². The third-order valence-electron chi connectivity index (χ3n) is 2.33. The second-order valence-corrected chi connectivity index (χ2v) is 5.60. The van der Waals surface area contributed by atoms with Crippen LogP contribution in [0.1, 0.15) is 16.1 Å². The Morgan fingerprint density at radius 3 is 2.84 bits per heavy atom. The van der Waals surface area contributed by atoms with Crippen molar-refractivity contribution in [2.24, 2.45) is 0 Å². The first kappa shape index (κ1) is 14.3. The maximum Gasteiger partial charge on any atom is 0.188 e. The minimum atomic E-state index is -0.0948. The van der Waals surface area contributed by atoms with Gasteiger partial charge in [0, 0.05) is 22.5 Å². The average molecular weight is 313 g/mol. The minimum absolute atomic E-state index is 0.0948. The fourth-order valence-electron chi connectivity index (χ4n) is 1.41.